The normalized spacial score (nSPS) is 10.0. The summed E-state index contributed by atoms with van der Waals surface area (Å²) in [6.45, 7) is 1.67. The Bertz CT molecular complexity index is 363. The van der Waals surface area contributed by atoms with Gasteiger partial charge in [-0.2, -0.15) is 0 Å². The molecule has 76 valence electrons. The fourth-order valence-corrected chi connectivity index (χ4v) is 1.69. The van der Waals surface area contributed by atoms with Gasteiger partial charge in [-0.05, 0) is 30.2 Å². The Morgan fingerprint density at radius 1 is 1.57 bits per heavy atom. The molecule has 0 saturated carbocycles. The Morgan fingerprint density at radius 3 is 2.71 bits per heavy atom. The minimum atomic E-state index is -0.522. The van der Waals surface area contributed by atoms with Crippen LogP contribution in [0.2, 0.25) is 0 Å². The molecule has 4 heteroatoms. The molecule has 0 N–H and O–H groups in total. The van der Waals surface area contributed by atoms with E-state index in [1.54, 1.807) is 13.0 Å². The molecule has 14 heavy (non-hydrogen) atoms. The Kier molecular flexibility index (Phi) is 3.63. The van der Waals surface area contributed by atoms with Crippen molar-refractivity contribution in [2.45, 2.75) is 12.3 Å². The van der Waals surface area contributed by atoms with Gasteiger partial charge in [0, 0.05) is 5.33 Å². The first-order valence-electron chi connectivity index (χ1n) is 4.03. The number of rotatable bonds is 2. The second kappa shape index (κ2) is 4.55. The van der Waals surface area contributed by atoms with Crippen LogP contribution in [0.25, 0.3) is 0 Å². The van der Waals surface area contributed by atoms with Gasteiger partial charge >= 0.3 is 5.97 Å². The molecule has 2 nitrogen and oxygen atoms in total. The van der Waals surface area contributed by atoms with Gasteiger partial charge in [-0.15, -0.1) is 0 Å². The zero-order chi connectivity index (χ0) is 10.7. The largest absolute Gasteiger partial charge is 0.465 e. The SMILES string of the molecule is COC(=O)c1cc(F)c(C)c(CBr)c1. The summed E-state index contributed by atoms with van der Waals surface area (Å²) >= 11 is 3.23. The molecule has 1 aromatic rings. The molecule has 1 aromatic carbocycles. The van der Waals surface area contributed by atoms with Crippen LogP contribution in [-0.4, -0.2) is 13.1 Å². The summed E-state index contributed by atoms with van der Waals surface area (Å²) in [5.74, 6) is -0.909. The second-order valence-corrected chi connectivity index (χ2v) is 3.43. The fourth-order valence-electron chi connectivity index (χ4n) is 1.11. The van der Waals surface area contributed by atoms with Gasteiger partial charge in [0.05, 0.1) is 12.7 Å². The lowest BCUT2D eigenvalue weighted by Crippen LogP contribution is -2.04. The predicted octanol–water partition coefficient (Wildman–Crippen LogP) is 2.82. The number of hydrogen-bond donors (Lipinski definition) is 0. The van der Waals surface area contributed by atoms with Gasteiger partial charge in [0.2, 0.25) is 0 Å². The maximum Gasteiger partial charge on any atom is 0.337 e. The van der Waals surface area contributed by atoms with Crippen molar-refractivity contribution in [2.75, 3.05) is 7.11 Å². The highest BCUT2D eigenvalue weighted by Crippen LogP contribution is 2.18. The Labute approximate surface area is 90.2 Å². The second-order valence-electron chi connectivity index (χ2n) is 2.87. The minimum absolute atomic E-state index is 0.241. The van der Waals surface area contributed by atoms with Gasteiger partial charge in [-0.1, -0.05) is 15.9 Å². The molecule has 0 bridgehead atoms. The first kappa shape index (κ1) is 11.2. The number of ether oxygens (including phenoxy) is 1. The molecule has 0 heterocycles. The molecule has 0 aliphatic rings. The molecule has 0 unspecified atom stereocenters. The number of benzene rings is 1. The number of hydrogen-bond acceptors (Lipinski definition) is 2. The number of halogens is 2. The average Bonchev–Trinajstić information content (AvgIpc) is 2.20. The average molecular weight is 261 g/mol. The fraction of sp³-hybridized carbons (Fsp3) is 0.300. The predicted molar refractivity (Wildman–Crippen MR) is 55.1 cm³/mol. The number of carbonyl (C=O) groups is 1. The summed E-state index contributed by atoms with van der Waals surface area (Å²) in [5.41, 5.74) is 1.55. The van der Waals surface area contributed by atoms with Crippen molar-refractivity contribution < 1.29 is 13.9 Å². The first-order chi connectivity index (χ1) is 6.60. The molecule has 0 aliphatic carbocycles. The van der Waals surface area contributed by atoms with E-state index in [9.17, 15) is 9.18 Å². The van der Waals surface area contributed by atoms with Crippen LogP contribution in [0.15, 0.2) is 12.1 Å². The van der Waals surface area contributed by atoms with E-state index in [2.05, 4.69) is 20.7 Å². The maximum absolute atomic E-state index is 13.3. The quantitative estimate of drug-likeness (QED) is 0.604. The van der Waals surface area contributed by atoms with E-state index in [4.69, 9.17) is 0 Å². The van der Waals surface area contributed by atoms with Crippen molar-refractivity contribution in [3.63, 3.8) is 0 Å². The Hall–Kier alpha value is -0.900. The van der Waals surface area contributed by atoms with Crippen LogP contribution in [0.1, 0.15) is 21.5 Å². The third-order valence-corrected chi connectivity index (χ3v) is 2.62. The van der Waals surface area contributed by atoms with E-state index in [-0.39, 0.29) is 11.4 Å². The highest BCUT2D eigenvalue weighted by molar-refractivity contribution is 9.08. The molecular weight excluding hydrogens is 251 g/mol. The highest BCUT2D eigenvalue weighted by atomic mass is 79.9. The van der Waals surface area contributed by atoms with Crippen LogP contribution in [0.3, 0.4) is 0 Å². The van der Waals surface area contributed by atoms with Crippen LogP contribution < -0.4 is 0 Å². The molecule has 0 aromatic heterocycles. The number of alkyl halides is 1. The van der Waals surface area contributed by atoms with E-state index in [1.807, 2.05) is 0 Å². The molecule has 0 amide bonds. The zero-order valence-electron chi connectivity index (χ0n) is 7.93. The van der Waals surface area contributed by atoms with Crippen LogP contribution in [-0.2, 0) is 10.1 Å². The van der Waals surface area contributed by atoms with Crippen molar-refractivity contribution in [1.82, 2.24) is 0 Å². The van der Waals surface area contributed by atoms with E-state index in [1.165, 1.54) is 13.2 Å². The van der Waals surface area contributed by atoms with Gasteiger partial charge in [0.25, 0.3) is 0 Å². The van der Waals surface area contributed by atoms with Crippen LogP contribution in [0, 0.1) is 12.7 Å². The summed E-state index contributed by atoms with van der Waals surface area (Å²) in [6.07, 6.45) is 0. The van der Waals surface area contributed by atoms with E-state index < -0.39 is 5.97 Å². The van der Waals surface area contributed by atoms with Gasteiger partial charge in [0.1, 0.15) is 5.82 Å². The molecule has 0 radical (unpaired) electrons. The molecule has 0 atom stereocenters. The Morgan fingerprint density at radius 2 is 2.21 bits per heavy atom. The topological polar surface area (TPSA) is 26.3 Å². The van der Waals surface area contributed by atoms with Crippen molar-refractivity contribution in [2.24, 2.45) is 0 Å². The first-order valence-corrected chi connectivity index (χ1v) is 5.15. The van der Waals surface area contributed by atoms with Crippen molar-refractivity contribution in [1.29, 1.82) is 0 Å². The van der Waals surface area contributed by atoms with Crippen molar-refractivity contribution >= 4 is 21.9 Å². The molecule has 0 spiro atoms. The molecule has 0 fully saturated rings. The van der Waals surface area contributed by atoms with Gasteiger partial charge in [0.15, 0.2) is 0 Å². The smallest absolute Gasteiger partial charge is 0.337 e. The maximum atomic E-state index is 13.3. The van der Waals surface area contributed by atoms with E-state index in [0.717, 1.165) is 5.56 Å². The lowest BCUT2D eigenvalue weighted by Gasteiger charge is -2.06. The standard InChI is InChI=1S/C10H10BrFO2/c1-6-8(5-11)3-7(4-9(6)12)10(13)14-2/h3-4H,5H2,1-2H3. The van der Waals surface area contributed by atoms with E-state index in [0.29, 0.717) is 10.9 Å². The van der Waals surface area contributed by atoms with E-state index >= 15 is 0 Å². The van der Waals surface area contributed by atoms with Gasteiger partial charge in [-0.3, -0.25) is 0 Å². The third-order valence-electron chi connectivity index (χ3n) is 2.02. The van der Waals surface area contributed by atoms with Gasteiger partial charge < -0.3 is 4.74 Å². The van der Waals surface area contributed by atoms with Gasteiger partial charge in [-0.25, -0.2) is 9.18 Å². The number of methoxy groups -OCH3 is 1. The third kappa shape index (κ3) is 2.12. The molecule has 1 rings (SSSR count). The van der Waals surface area contributed by atoms with Crippen molar-refractivity contribution in [3.05, 3.63) is 34.6 Å². The monoisotopic (exact) mass is 260 g/mol. The Balaban J connectivity index is 3.22. The number of esters is 1. The lowest BCUT2D eigenvalue weighted by molar-refractivity contribution is 0.0600. The van der Waals surface area contributed by atoms with Crippen LogP contribution in [0.4, 0.5) is 4.39 Å². The highest BCUT2D eigenvalue weighted by Gasteiger charge is 2.11. The molecule has 0 saturated heterocycles. The summed E-state index contributed by atoms with van der Waals surface area (Å²) < 4.78 is 17.8. The van der Waals surface area contributed by atoms with Crippen LogP contribution >= 0.6 is 15.9 Å². The summed E-state index contributed by atoms with van der Waals surface area (Å²) in [7, 11) is 1.27. The lowest BCUT2D eigenvalue weighted by atomic mass is 10.1. The van der Waals surface area contributed by atoms with Crippen molar-refractivity contribution in [3.8, 4) is 0 Å². The summed E-state index contributed by atoms with van der Waals surface area (Å²) in [5, 5.41) is 0.514. The number of carbonyl (C=O) groups excluding carboxylic acids is 1. The summed E-state index contributed by atoms with van der Waals surface area (Å²) in [6, 6.07) is 2.81. The molecule has 0 aliphatic heterocycles. The summed E-state index contributed by atoms with van der Waals surface area (Å²) in [4.78, 5) is 11.1. The zero-order valence-corrected chi connectivity index (χ0v) is 9.52. The molecular formula is C10H10BrFO2. The van der Waals surface area contributed by atoms with Crippen LogP contribution in [0.5, 0.6) is 0 Å². The minimum Gasteiger partial charge on any atom is -0.465 e.